The summed E-state index contributed by atoms with van der Waals surface area (Å²) in [4.78, 5) is 4.05. The van der Waals surface area contributed by atoms with Crippen LogP contribution in [0, 0.1) is 5.82 Å². The molecule has 0 saturated heterocycles. The molecular formula is C19H13F2N3. The molecule has 0 spiro atoms. The number of hydrogen-bond acceptors (Lipinski definition) is 2. The molecule has 3 heterocycles. The molecule has 0 fully saturated rings. The summed E-state index contributed by atoms with van der Waals surface area (Å²) in [6.45, 7) is -0.549. The lowest BCUT2D eigenvalue weighted by molar-refractivity contribution is 0.483. The number of rotatable bonds is 3. The van der Waals surface area contributed by atoms with E-state index in [4.69, 9.17) is 0 Å². The van der Waals surface area contributed by atoms with Crippen molar-refractivity contribution < 1.29 is 8.78 Å². The van der Waals surface area contributed by atoms with Crippen LogP contribution in [-0.2, 0) is 6.67 Å². The van der Waals surface area contributed by atoms with Crippen LogP contribution in [0.3, 0.4) is 0 Å². The molecule has 1 aromatic carbocycles. The first-order chi connectivity index (χ1) is 11.8. The number of hydrogen-bond donors (Lipinski definition) is 0. The molecule has 0 bridgehead atoms. The molecule has 3 aromatic heterocycles. The molecule has 0 aliphatic heterocycles. The van der Waals surface area contributed by atoms with Crippen LogP contribution in [0.1, 0.15) is 5.56 Å². The first-order valence-electron chi connectivity index (χ1n) is 7.50. The molecule has 0 atom stereocenters. The van der Waals surface area contributed by atoms with Gasteiger partial charge in [0.25, 0.3) is 0 Å². The lowest BCUT2D eigenvalue weighted by atomic mass is 10.0. The van der Waals surface area contributed by atoms with Gasteiger partial charge in [-0.2, -0.15) is 5.10 Å². The van der Waals surface area contributed by atoms with Gasteiger partial charge in [-0.3, -0.25) is 4.98 Å². The molecule has 5 heteroatoms. The highest BCUT2D eigenvalue weighted by atomic mass is 19.1. The van der Waals surface area contributed by atoms with Crippen molar-refractivity contribution in [1.29, 1.82) is 0 Å². The van der Waals surface area contributed by atoms with E-state index in [1.165, 1.54) is 12.1 Å². The van der Waals surface area contributed by atoms with Gasteiger partial charge in [-0.15, -0.1) is 0 Å². The normalized spacial score (nSPS) is 11.1. The molecular weight excluding hydrogens is 308 g/mol. The minimum Gasteiger partial charge on any atom is -0.265 e. The van der Waals surface area contributed by atoms with Crippen LogP contribution in [0.25, 0.3) is 27.9 Å². The Morgan fingerprint density at radius 2 is 1.62 bits per heavy atom. The quantitative estimate of drug-likeness (QED) is 0.549. The van der Waals surface area contributed by atoms with Crippen molar-refractivity contribution in [3.63, 3.8) is 0 Å². The summed E-state index contributed by atoms with van der Waals surface area (Å²) in [7, 11) is 0. The maximum atomic E-state index is 13.3. The Kier molecular flexibility index (Phi) is 3.54. The van der Waals surface area contributed by atoms with E-state index in [2.05, 4.69) is 10.1 Å². The highest BCUT2D eigenvalue weighted by Crippen LogP contribution is 2.35. The second-order valence-corrected chi connectivity index (χ2v) is 5.47. The van der Waals surface area contributed by atoms with Crippen molar-refractivity contribution in [2.45, 2.75) is 6.67 Å². The van der Waals surface area contributed by atoms with E-state index in [1.54, 1.807) is 41.3 Å². The third-order valence-electron chi connectivity index (χ3n) is 3.93. The van der Waals surface area contributed by atoms with Crippen LogP contribution in [0.5, 0.6) is 0 Å². The summed E-state index contributed by atoms with van der Waals surface area (Å²) in [5.74, 6) is -0.298. The van der Waals surface area contributed by atoms with Crippen molar-refractivity contribution in [3.8, 4) is 22.4 Å². The first-order valence-corrected chi connectivity index (χ1v) is 7.50. The fraction of sp³-hybridized carbons (Fsp3) is 0.0526. The number of alkyl halides is 1. The van der Waals surface area contributed by atoms with E-state index in [0.29, 0.717) is 5.56 Å². The second kappa shape index (κ2) is 5.85. The van der Waals surface area contributed by atoms with Gasteiger partial charge in [0, 0.05) is 35.3 Å². The fourth-order valence-corrected chi connectivity index (χ4v) is 2.78. The second-order valence-electron chi connectivity index (χ2n) is 5.47. The minimum atomic E-state index is -0.549. The molecule has 4 rings (SSSR count). The Labute approximate surface area is 137 Å². The Morgan fingerprint density at radius 1 is 0.875 bits per heavy atom. The highest BCUT2D eigenvalue weighted by molar-refractivity contribution is 5.92. The lowest BCUT2D eigenvalue weighted by Crippen LogP contribution is -1.90. The van der Waals surface area contributed by atoms with E-state index in [0.717, 1.165) is 27.9 Å². The average Bonchev–Trinajstić information content (AvgIpc) is 3.01. The number of halogens is 2. The first kappa shape index (κ1) is 14.5. The molecule has 3 nitrogen and oxygen atoms in total. The predicted molar refractivity (Wildman–Crippen MR) is 88.6 cm³/mol. The molecule has 0 unspecified atom stereocenters. The topological polar surface area (TPSA) is 30.2 Å². The van der Waals surface area contributed by atoms with Gasteiger partial charge in [0.1, 0.15) is 18.2 Å². The minimum absolute atomic E-state index is 0.298. The zero-order chi connectivity index (χ0) is 16.5. The summed E-state index contributed by atoms with van der Waals surface area (Å²) >= 11 is 0. The van der Waals surface area contributed by atoms with Gasteiger partial charge in [-0.25, -0.2) is 13.3 Å². The Morgan fingerprint density at radius 3 is 2.33 bits per heavy atom. The van der Waals surface area contributed by atoms with Crippen molar-refractivity contribution in [2.75, 3.05) is 0 Å². The van der Waals surface area contributed by atoms with Crippen molar-refractivity contribution >= 4 is 5.52 Å². The maximum absolute atomic E-state index is 13.3. The summed E-state index contributed by atoms with van der Waals surface area (Å²) in [6, 6.07) is 13.6. The average molecular weight is 321 g/mol. The van der Waals surface area contributed by atoms with Gasteiger partial charge in [0.15, 0.2) is 0 Å². The van der Waals surface area contributed by atoms with E-state index >= 15 is 0 Å². The molecule has 24 heavy (non-hydrogen) atoms. The number of aromatic nitrogens is 3. The van der Waals surface area contributed by atoms with Crippen molar-refractivity contribution in [1.82, 2.24) is 14.6 Å². The highest BCUT2D eigenvalue weighted by Gasteiger charge is 2.16. The van der Waals surface area contributed by atoms with E-state index < -0.39 is 6.67 Å². The molecule has 0 amide bonds. The smallest absolute Gasteiger partial charge is 0.123 e. The largest absolute Gasteiger partial charge is 0.265 e. The molecule has 0 aliphatic carbocycles. The van der Waals surface area contributed by atoms with Crippen molar-refractivity contribution in [3.05, 3.63) is 78.5 Å². The Balaban J connectivity index is 2.02. The van der Waals surface area contributed by atoms with E-state index in [1.807, 2.05) is 18.2 Å². The van der Waals surface area contributed by atoms with Crippen LogP contribution < -0.4 is 0 Å². The van der Waals surface area contributed by atoms with E-state index in [-0.39, 0.29) is 5.82 Å². The fourth-order valence-electron chi connectivity index (χ4n) is 2.78. The van der Waals surface area contributed by atoms with Gasteiger partial charge >= 0.3 is 0 Å². The molecule has 0 N–H and O–H groups in total. The predicted octanol–water partition coefficient (Wildman–Crippen LogP) is 4.67. The molecule has 0 aliphatic rings. The van der Waals surface area contributed by atoms with Gasteiger partial charge in [-0.1, -0.05) is 6.07 Å². The van der Waals surface area contributed by atoms with Crippen LogP contribution in [-0.4, -0.2) is 14.6 Å². The van der Waals surface area contributed by atoms with Crippen LogP contribution in [0.2, 0.25) is 0 Å². The Bertz CT molecular complexity index is 992. The SMILES string of the molecule is FCc1ccc2c(-c3ccncc3)c(-c3ccc(F)cc3)nn2c1. The zero-order valence-electron chi connectivity index (χ0n) is 12.7. The third-order valence-corrected chi connectivity index (χ3v) is 3.93. The Hall–Kier alpha value is -3.08. The van der Waals surface area contributed by atoms with Crippen LogP contribution in [0.4, 0.5) is 8.78 Å². The summed E-state index contributed by atoms with van der Waals surface area (Å²) in [6.07, 6.45) is 5.10. The van der Waals surface area contributed by atoms with Crippen molar-refractivity contribution in [2.24, 2.45) is 0 Å². The number of pyridine rings is 2. The number of nitrogens with zero attached hydrogens (tertiary/aromatic N) is 3. The monoisotopic (exact) mass is 321 g/mol. The summed E-state index contributed by atoms with van der Waals surface area (Å²) in [5.41, 5.74) is 4.79. The summed E-state index contributed by atoms with van der Waals surface area (Å²) in [5, 5.41) is 4.60. The molecule has 4 aromatic rings. The van der Waals surface area contributed by atoms with Crippen LogP contribution in [0.15, 0.2) is 67.1 Å². The van der Waals surface area contributed by atoms with Gasteiger partial charge in [0.05, 0.1) is 5.52 Å². The summed E-state index contributed by atoms with van der Waals surface area (Å²) < 4.78 is 27.9. The number of benzene rings is 1. The molecule has 0 saturated carbocycles. The van der Waals surface area contributed by atoms with Gasteiger partial charge < -0.3 is 0 Å². The van der Waals surface area contributed by atoms with Gasteiger partial charge in [0.2, 0.25) is 0 Å². The third kappa shape index (κ3) is 2.44. The maximum Gasteiger partial charge on any atom is 0.123 e. The van der Waals surface area contributed by atoms with Gasteiger partial charge in [-0.05, 0) is 48.0 Å². The lowest BCUT2D eigenvalue weighted by Gasteiger charge is -2.04. The molecule has 118 valence electrons. The van der Waals surface area contributed by atoms with Crippen LogP contribution >= 0.6 is 0 Å². The zero-order valence-corrected chi connectivity index (χ0v) is 12.7. The number of fused-ring (bicyclic) bond motifs is 1. The standard InChI is InChI=1S/C19H13F2N3/c20-11-13-1-6-17-18(14-7-9-22-10-8-14)19(23-24(17)12-13)15-2-4-16(21)5-3-15/h1-10,12H,11H2. The van der Waals surface area contributed by atoms with E-state index in [9.17, 15) is 8.78 Å². The molecule has 0 radical (unpaired) electrons.